The van der Waals surface area contributed by atoms with Crippen LogP contribution in [0.3, 0.4) is 0 Å². The van der Waals surface area contributed by atoms with E-state index in [2.05, 4.69) is 29.0 Å². The van der Waals surface area contributed by atoms with E-state index in [0.717, 1.165) is 50.2 Å². The summed E-state index contributed by atoms with van der Waals surface area (Å²) in [6.45, 7) is 8.47. The van der Waals surface area contributed by atoms with Gasteiger partial charge >= 0.3 is 0 Å². The van der Waals surface area contributed by atoms with E-state index in [1.54, 1.807) is 6.26 Å². The Morgan fingerprint density at radius 1 is 1.37 bits per heavy atom. The zero-order valence-corrected chi connectivity index (χ0v) is 12.3. The van der Waals surface area contributed by atoms with E-state index in [0.29, 0.717) is 0 Å². The molecule has 1 aliphatic rings. The first-order valence-electron chi connectivity index (χ1n) is 7.73. The Bertz CT molecular complexity index is 364. The van der Waals surface area contributed by atoms with Crippen LogP contribution in [0.4, 0.5) is 6.01 Å². The Morgan fingerprint density at radius 2 is 2.26 bits per heavy atom. The van der Waals surface area contributed by atoms with Crippen molar-refractivity contribution in [1.29, 1.82) is 0 Å². The number of rotatable bonds is 6. The van der Waals surface area contributed by atoms with Gasteiger partial charge < -0.3 is 14.6 Å². The third-order valence-electron chi connectivity index (χ3n) is 3.97. The highest BCUT2D eigenvalue weighted by Gasteiger charge is 2.19. The molecule has 0 bridgehead atoms. The minimum atomic E-state index is 0.808. The monoisotopic (exact) mass is 265 g/mol. The quantitative estimate of drug-likeness (QED) is 0.802. The third kappa shape index (κ3) is 4.23. The van der Waals surface area contributed by atoms with E-state index < -0.39 is 0 Å². The Kier molecular flexibility index (Phi) is 5.70. The van der Waals surface area contributed by atoms with E-state index >= 15 is 0 Å². The van der Waals surface area contributed by atoms with Crippen molar-refractivity contribution in [3.63, 3.8) is 0 Å². The molecule has 4 nitrogen and oxygen atoms in total. The Morgan fingerprint density at radius 3 is 3.05 bits per heavy atom. The molecular formula is C15H27N3O. The van der Waals surface area contributed by atoms with Gasteiger partial charge in [-0.2, -0.15) is 4.98 Å². The molecule has 1 fully saturated rings. The maximum Gasteiger partial charge on any atom is 0.297 e. The molecule has 0 saturated carbocycles. The summed E-state index contributed by atoms with van der Waals surface area (Å²) >= 11 is 0. The fourth-order valence-corrected chi connectivity index (χ4v) is 2.68. The number of nitrogens with zero attached hydrogens (tertiary/aromatic N) is 2. The van der Waals surface area contributed by atoms with Crippen LogP contribution >= 0.6 is 0 Å². The van der Waals surface area contributed by atoms with Crippen LogP contribution < -0.4 is 10.2 Å². The molecule has 0 aromatic carbocycles. The molecular weight excluding hydrogens is 238 g/mol. The molecule has 1 aromatic heterocycles. The van der Waals surface area contributed by atoms with Crippen molar-refractivity contribution in [3.8, 4) is 0 Å². The van der Waals surface area contributed by atoms with Gasteiger partial charge in [-0.25, -0.2) is 0 Å². The van der Waals surface area contributed by atoms with Gasteiger partial charge in [-0.05, 0) is 38.1 Å². The van der Waals surface area contributed by atoms with Gasteiger partial charge in [0.25, 0.3) is 6.01 Å². The molecule has 2 rings (SSSR count). The molecule has 2 heterocycles. The molecule has 108 valence electrons. The maximum atomic E-state index is 5.63. The predicted octanol–water partition coefficient (Wildman–Crippen LogP) is 3.19. The fourth-order valence-electron chi connectivity index (χ4n) is 2.68. The van der Waals surface area contributed by atoms with E-state index in [4.69, 9.17) is 4.42 Å². The summed E-state index contributed by atoms with van der Waals surface area (Å²) in [5.74, 6) is 0.880. The number of aromatic nitrogens is 1. The Balaban J connectivity index is 1.87. The molecule has 1 atom stereocenters. The lowest BCUT2D eigenvalue weighted by Crippen LogP contribution is -2.24. The molecule has 1 saturated heterocycles. The average molecular weight is 265 g/mol. The predicted molar refractivity (Wildman–Crippen MR) is 78.3 cm³/mol. The van der Waals surface area contributed by atoms with Crippen LogP contribution in [0.1, 0.15) is 51.6 Å². The number of hydrogen-bond donors (Lipinski definition) is 1. The van der Waals surface area contributed by atoms with Crippen molar-refractivity contribution in [1.82, 2.24) is 10.3 Å². The molecule has 0 radical (unpaired) electrons. The molecule has 0 aliphatic carbocycles. The number of anilines is 1. The third-order valence-corrected chi connectivity index (χ3v) is 3.97. The van der Waals surface area contributed by atoms with Gasteiger partial charge in [0, 0.05) is 19.6 Å². The Hall–Kier alpha value is -1.03. The van der Waals surface area contributed by atoms with Crippen molar-refractivity contribution in [2.24, 2.45) is 5.92 Å². The first-order chi connectivity index (χ1) is 9.33. The second-order valence-corrected chi connectivity index (χ2v) is 5.49. The summed E-state index contributed by atoms with van der Waals surface area (Å²) < 4.78 is 5.63. The van der Waals surface area contributed by atoms with E-state index in [9.17, 15) is 0 Å². The van der Waals surface area contributed by atoms with Gasteiger partial charge in [-0.3, -0.25) is 0 Å². The molecule has 1 unspecified atom stereocenters. The van der Waals surface area contributed by atoms with Gasteiger partial charge in [0.15, 0.2) is 0 Å². The summed E-state index contributed by atoms with van der Waals surface area (Å²) in [5, 5.41) is 3.36. The first kappa shape index (κ1) is 14.4. The SMILES string of the molecule is CCCNCc1coc(N2CCCC(CC)CC2)n1. The molecule has 1 N–H and O–H groups in total. The highest BCUT2D eigenvalue weighted by molar-refractivity contribution is 5.27. The van der Waals surface area contributed by atoms with Crippen LogP contribution in [0, 0.1) is 5.92 Å². The number of hydrogen-bond acceptors (Lipinski definition) is 4. The first-order valence-corrected chi connectivity index (χ1v) is 7.73. The van der Waals surface area contributed by atoms with Crippen molar-refractivity contribution in [3.05, 3.63) is 12.0 Å². The Labute approximate surface area is 116 Å². The highest BCUT2D eigenvalue weighted by Crippen LogP contribution is 2.23. The molecule has 19 heavy (non-hydrogen) atoms. The van der Waals surface area contributed by atoms with Gasteiger partial charge in [-0.1, -0.05) is 20.3 Å². The zero-order chi connectivity index (χ0) is 13.5. The van der Waals surface area contributed by atoms with Gasteiger partial charge in [0.05, 0.1) is 5.69 Å². The molecule has 0 spiro atoms. The van der Waals surface area contributed by atoms with Crippen LogP contribution in [0.25, 0.3) is 0 Å². The average Bonchev–Trinajstić information content (AvgIpc) is 2.76. The van der Waals surface area contributed by atoms with Crippen LogP contribution in [0.15, 0.2) is 10.7 Å². The van der Waals surface area contributed by atoms with Crippen molar-refractivity contribution in [2.45, 2.75) is 52.5 Å². The van der Waals surface area contributed by atoms with Gasteiger partial charge in [0.2, 0.25) is 0 Å². The summed E-state index contributed by atoms with van der Waals surface area (Å²) in [6, 6.07) is 0.810. The largest absolute Gasteiger partial charge is 0.432 e. The fraction of sp³-hybridized carbons (Fsp3) is 0.800. The minimum absolute atomic E-state index is 0.808. The number of oxazole rings is 1. The van der Waals surface area contributed by atoms with Gasteiger partial charge in [0.1, 0.15) is 6.26 Å². The van der Waals surface area contributed by atoms with E-state index in [1.165, 1.54) is 25.7 Å². The van der Waals surface area contributed by atoms with Crippen LogP contribution in [0.5, 0.6) is 0 Å². The van der Waals surface area contributed by atoms with Crippen molar-refractivity contribution >= 4 is 6.01 Å². The number of nitrogens with one attached hydrogen (secondary N) is 1. The summed E-state index contributed by atoms with van der Waals surface area (Å²) in [5.41, 5.74) is 1.01. The van der Waals surface area contributed by atoms with Crippen molar-refractivity contribution < 1.29 is 4.42 Å². The summed E-state index contributed by atoms with van der Waals surface area (Å²) in [4.78, 5) is 6.90. The topological polar surface area (TPSA) is 41.3 Å². The van der Waals surface area contributed by atoms with Crippen LogP contribution in [-0.2, 0) is 6.54 Å². The second-order valence-electron chi connectivity index (χ2n) is 5.49. The minimum Gasteiger partial charge on any atom is -0.432 e. The molecule has 4 heteroatoms. The zero-order valence-electron chi connectivity index (χ0n) is 12.3. The lowest BCUT2D eigenvalue weighted by atomic mass is 9.98. The van der Waals surface area contributed by atoms with E-state index in [-0.39, 0.29) is 0 Å². The van der Waals surface area contributed by atoms with E-state index in [1.807, 2.05) is 0 Å². The normalized spacial score (nSPS) is 20.5. The van der Waals surface area contributed by atoms with Crippen LogP contribution in [0.2, 0.25) is 0 Å². The standard InChI is InChI=1S/C15H27N3O/c1-3-8-16-11-14-12-19-15(17-14)18-9-5-6-13(4-2)7-10-18/h12-13,16H,3-11H2,1-2H3. The lowest BCUT2D eigenvalue weighted by Gasteiger charge is -2.17. The summed E-state index contributed by atoms with van der Waals surface area (Å²) in [6.07, 6.45) is 8.10. The molecule has 1 aromatic rings. The maximum absolute atomic E-state index is 5.63. The second kappa shape index (κ2) is 7.53. The highest BCUT2D eigenvalue weighted by atomic mass is 16.4. The van der Waals surface area contributed by atoms with Crippen molar-refractivity contribution in [2.75, 3.05) is 24.5 Å². The summed E-state index contributed by atoms with van der Waals surface area (Å²) in [7, 11) is 0. The lowest BCUT2D eigenvalue weighted by molar-refractivity contribution is 0.458. The molecule has 1 aliphatic heterocycles. The molecule has 0 amide bonds. The smallest absolute Gasteiger partial charge is 0.297 e. The van der Waals surface area contributed by atoms with Gasteiger partial charge in [-0.15, -0.1) is 0 Å². The van der Waals surface area contributed by atoms with Crippen LogP contribution in [-0.4, -0.2) is 24.6 Å².